The third-order valence-electron chi connectivity index (χ3n) is 3.02. The molecular formula is C12H14N2O3. The van der Waals surface area contributed by atoms with Crippen LogP contribution >= 0.6 is 0 Å². The fourth-order valence-electron chi connectivity index (χ4n) is 2.14. The normalized spacial score (nSPS) is 20.0. The van der Waals surface area contributed by atoms with Crippen molar-refractivity contribution in [1.29, 1.82) is 0 Å². The molecule has 1 N–H and O–H groups in total. The first kappa shape index (κ1) is 11.6. The number of Topliss-reactive ketones (excluding diaryl/α,β-unsaturated/α-hetero) is 1. The molecule has 1 fully saturated rings. The molecule has 1 aromatic heterocycles. The van der Waals surface area contributed by atoms with Crippen LogP contribution in [0.1, 0.15) is 29.6 Å². The van der Waals surface area contributed by atoms with Crippen molar-refractivity contribution in [3.63, 3.8) is 0 Å². The number of carbonyl (C=O) groups excluding carboxylic acids is 1. The molecule has 1 saturated heterocycles. The minimum Gasteiger partial charge on any atom is -0.465 e. The van der Waals surface area contributed by atoms with Crippen molar-refractivity contribution in [2.24, 2.45) is 0 Å². The van der Waals surface area contributed by atoms with Gasteiger partial charge in [0.1, 0.15) is 0 Å². The molecular weight excluding hydrogens is 220 g/mol. The Bertz CT molecular complexity index is 419. The number of piperidine rings is 1. The van der Waals surface area contributed by atoms with Crippen molar-refractivity contribution in [2.45, 2.75) is 25.3 Å². The summed E-state index contributed by atoms with van der Waals surface area (Å²) in [5, 5.41) is 9.07. The maximum Gasteiger partial charge on any atom is 0.407 e. The molecule has 90 valence electrons. The molecule has 0 aliphatic carbocycles. The number of amides is 1. The van der Waals surface area contributed by atoms with E-state index in [0.29, 0.717) is 18.5 Å². The topological polar surface area (TPSA) is 70.5 Å². The molecule has 0 aromatic carbocycles. The fraction of sp³-hybridized carbons (Fsp3) is 0.417. The minimum absolute atomic E-state index is 0.130. The lowest BCUT2D eigenvalue weighted by Gasteiger charge is -2.32. The lowest BCUT2D eigenvalue weighted by molar-refractivity contribution is 0.0714. The van der Waals surface area contributed by atoms with Gasteiger partial charge in [0.05, 0.1) is 6.04 Å². The van der Waals surface area contributed by atoms with Gasteiger partial charge in [-0.25, -0.2) is 4.79 Å². The Balaban J connectivity index is 2.20. The second-order valence-corrected chi connectivity index (χ2v) is 4.09. The van der Waals surface area contributed by atoms with E-state index in [4.69, 9.17) is 5.11 Å². The summed E-state index contributed by atoms with van der Waals surface area (Å²) in [6.07, 6.45) is 4.39. The van der Waals surface area contributed by atoms with Crippen molar-refractivity contribution >= 4 is 11.9 Å². The molecule has 0 saturated carbocycles. The summed E-state index contributed by atoms with van der Waals surface area (Å²) >= 11 is 0. The summed E-state index contributed by atoms with van der Waals surface area (Å²) in [7, 11) is 0. The molecule has 0 bridgehead atoms. The summed E-state index contributed by atoms with van der Waals surface area (Å²) in [5.74, 6) is -0.130. The van der Waals surface area contributed by atoms with Gasteiger partial charge in [-0.1, -0.05) is 0 Å². The van der Waals surface area contributed by atoms with Crippen molar-refractivity contribution in [2.75, 3.05) is 6.54 Å². The predicted molar refractivity (Wildman–Crippen MR) is 60.9 cm³/mol. The van der Waals surface area contributed by atoms with Gasteiger partial charge in [-0.15, -0.1) is 0 Å². The highest BCUT2D eigenvalue weighted by atomic mass is 16.4. The predicted octanol–water partition coefficient (Wildman–Crippen LogP) is 1.80. The molecule has 2 heterocycles. The quantitative estimate of drug-likeness (QED) is 0.792. The summed E-state index contributed by atoms with van der Waals surface area (Å²) in [6, 6.07) is 2.71. The van der Waals surface area contributed by atoms with E-state index in [1.165, 1.54) is 4.90 Å². The van der Waals surface area contributed by atoms with Gasteiger partial charge in [0.2, 0.25) is 0 Å². The van der Waals surface area contributed by atoms with Crippen LogP contribution in [-0.2, 0) is 0 Å². The number of carbonyl (C=O) groups is 2. The van der Waals surface area contributed by atoms with E-state index in [0.717, 1.165) is 12.8 Å². The second-order valence-electron chi connectivity index (χ2n) is 4.09. The summed E-state index contributed by atoms with van der Waals surface area (Å²) in [5.41, 5.74) is 0.526. The van der Waals surface area contributed by atoms with Crippen LogP contribution in [0.2, 0.25) is 0 Å². The van der Waals surface area contributed by atoms with E-state index in [2.05, 4.69) is 4.98 Å². The Labute approximate surface area is 99.1 Å². The number of ketones is 1. The average Bonchev–Trinajstić information content (AvgIpc) is 2.39. The van der Waals surface area contributed by atoms with Crippen molar-refractivity contribution < 1.29 is 14.7 Å². The maximum atomic E-state index is 12.2. The molecule has 1 amide bonds. The number of hydrogen-bond donors (Lipinski definition) is 1. The third kappa shape index (κ3) is 2.43. The highest BCUT2D eigenvalue weighted by molar-refractivity contribution is 6.01. The fourth-order valence-corrected chi connectivity index (χ4v) is 2.14. The van der Waals surface area contributed by atoms with Gasteiger partial charge >= 0.3 is 6.09 Å². The lowest BCUT2D eigenvalue weighted by atomic mass is 9.95. The maximum absolute atomic E-state index is 12.2. The second kappa shape index (κ2) is 4.95. The number of pyridine rings is 1. The summed E-state index contributed by atoms with van der Waals surface area (Å²) in [6.45, 7) is 0.441. The minimum atomic E-state index is -1.02. The number of likely N-dealkylation sites (tertiary alicyclic amines) is 1. The van der Waals surface area contributed by atoms with E-state index in [1.54, 1.807) is 24.5 Å². The summed E-state index contributed by atoms with van der Waals surface area (Å²) in [4.78, 5) is 28.3. The van der Waals surface area contributed by atoms with Crippen molar-refractivity contribution in [3.8, 4) is 0 Å². The Morgan fingerprint density at radius 2 is 2.00 bits per heavy atom. The number of nitrogens with zero attached hydrogens (tertiary/aromatic N) is 2. The van der Waals surface area contributed by atoms with E-state index < -0.39 is 12.1 Å². The SMILES string of the molecule is O=C(c1ccncc1)C1CCCCN1C(=O)O. The molecule has 17 heavy (non-hydrogen) atoms. The van der Waals surface area contributed by atoms with E-state index in [9.17, 15) is 9.59 Å². The number of rotatable bonds is 2. The molecule has 1 unspecified atom stereocenters. The van der Waals surface area contributed by atoms with E-state index in [-0.39, 0.29) is 5.78 Å². The number of aromatic nitrogens is 1. The number of hydrogen-bond acceptors (Lipinski definition) is 3. The van der Waals surface area contributed by atoms with Gasteiger partial charge in [-0.05, 0) is 31.4 Å². The molecule has 0 spiro atoms. The van der Waals surface area contributed by atoms with Gasteiger partial charge in [-0.3, -0.25) is 14.7 Å². The Morgan fingerprint density at radius 1 is 1.29 bits per heavy atom. The smallest absolute Gasteiger partial charge is 0.407 e. The van der Waals surface area contributed by atoms with Crippen molar-refractivity contribution in [1.82, 2.24) is 9.88 Å². The van der Waals surface area contributed by atoms with Crippen LogP contribution in [0.3, 0.4) is 0 Å². The van der Waals surface area contributed by atoms with E-state index in [1.807, 2.05) is 0 Å². The van der Waals surface area contributed by atoms with Crippen LogP contribution < -0.4 is 0 Å². The highest BCUT2D eigenvalue weighted by Crippen LogP contribution is 2.20. The molecule has 1 atom stereocenters. The van der Waals surface area contributed by atoms with Gasteiger partial charge in [0.25, 0.3) is 0 Å². The zero-order valence-electron chi connectivity index (χ0n) is 9.37. The van der Waals surface area contributed by atoms with Crippen LogP contribution in [0, 0.1) is 0 Å². The van der Waals surface area contributed by atoms with Gasteiger partial charge in [-0.2, -0.15) is 0 Å². The Hall–Kier alpha value is -1.91. The zero-order chi connectivity index (χ0) is 12.3. The number of carboxylic acid groups (broad SMARTS) is 1. The van der Waals surface area contributed by atoms with Crippen molar-refractivity contribution in [3.05, 3.63) is 30.1 Å². The summed E-state index contributed by atoms with van der Waals surface area (Å²) < 4.78 is 0. The Kier molecular flexibility index (Phi) is 3.37. The molecule has 1 aromatic rings. The molecule has 1 aliphatic heterocycles. The van der Waals surface area contributed by atoms with Gasteiger partial charge < -0.3 is 5.11 Å². The standard InChI is InChI=1S/C12H14N2O3/c15-11(9-4-6-13-7-5-9)10-3-1-2-8-14(10)12(16)17/h4-7,10H,1-3,8H2,(H,16,17). The first-order chi connectivity index (χ1) is 8.20. The first-order valence-electron chi connectivity index (χ1n) is 5.64. The molecule has 1 aliphatic rings. The lowest BCUT2D eigenvalue weighted by Crippen LogP contribution is -2.47. The third-order valence-corrected chi connectivity index (χ3v) is 3.02. The van der Waals surface area contributed by atoms with Crippen LogP contribution in [0.5, 0.6) is 0 Å². The van der Waals surface area contributed by atoms with Gasteiger partial charge in [0, 0.05) is 24.5 Å². The van der Waals surface area contributed by atoms with Crippen LogP contribution in [0.25, 0.3) is 0 Å². The van der Waals surface area contributed by atoms with Gasteiger partial charge in [0.15, 0.2) is 5.78 Å². The molecule has 2 rings (SSSR count). The molecule has 5 heteroatoms. The zero-order valence-corrected chi connectivity index (χ0v) is 9.37. The average molecular weight is 234 g/mol. The highest BCUT2D eigenvalue weighted by Gasteiger charge is 2.32. The van der Waals surface area contributed by atoms with Crippen LogP contribution in [-0.4, -0.2) is 39.5 Å². The monoisotopic (exact) mass is 234 g/mol. The first-order valence-corrected chi connectivity index (χ1v) is 5.64. The van der Waals surface area contributed by atoms with Crippen LogP contribution in [0.15, 0.2) is 24.5 Å². The Morgan fingerprint density at radius 3 is 2.65 bits per heavy atom. The molecule has 0 radical (unpaired) electrons. The largest absolute Gasteiger partial charge is 0.465 e. The van der Waals surface area contributed by atoms with Crippen LogP contribution in [0.4, 0.5) is 4.79 Å². The van der Waals surface area contributed by atoms with E-state index >= 15 is 0 Å². The molecule has 5 nitrogen and oxygen atoms in total.